The first-order chi connectivity index (χ1) is 8.61. The Labute approximate surface area is 123 Å². The van der Waals surface area contributed by atoms with Crippen LogP contribution in [0.1, 0.15) is 28.5 Å². The SMILES string of the molecule is CCc1cccc(C(=O)c2ncc(Br)cc2Br)c1. The lowest BCUT2D eigenvalue weighted by molar-refractivity contribution is 0.103. The molecule has 0 saturated heterocycles. The summed E-state index contributed by atoms with van der Waals surface area (Å²) in [5.74, 6) is -0.0651. The third-order valence-corrected chi connectivity index (χ3v) is 3.66. The van der Waals surface area contributed by atoms with Gasteiger partial charge in [0.25, 0.3) is 0 Å². The minimum Gasteiger partial charge on any atom is -0.287 e. The number of pyridine rings is 1. The van der Waals surface area contributed by atoms with Gasteiger partial charge in [-0.15, -0.1) is 0 Å². The zero-order valence-corrected chi connectivity index (χ0v) is 13.0. The molecule has 0 aliphatic heterocycles. The van der Waals surface area contributed by atoms with E-state index in [-0.39, 0.29) is 5.78 Å². The van der Waals surface area contributed by atoms with Gasteiger partial charge in [0.2, 0.25) is 5.78 Å². The van der Waals surface area contributed by atoms with E-state index in [1.54, 1.807) is 6.20 Å². The third kappa shape index (κ3) is 2.87. The van der Waals surface area contributed by atoms with E-state index in [2.05, 4.69) is 43.8 Å². The average molecular weight is 369 g/mol. The number of hydrogen-bond acceptors (Lipinski definition) is 2. The highest BCUT2D eigenvalue weighted by atomic mass is 79.9. The molecule has 0 amide bonds. The summed E-state index contributed by atoms with van der Waals surface area (Å²) in [5, 5.41) is 0. The monoisotopic (exact) mass is 367 g/mol. The highest BCUT2D eigenvalue weighted by molar-refractivity contribution is 9.11. The van der Waals surface area contributed by atoms with Gasteiger partial charge in [-0.2, -0.15) is 0 Å². The van der Waals surface area contributed by atoms with Crippen molar-refractivity contribution in [2.24, 2.45) is 0 Å². The van der Waals surface area contributed by atoms with Crippen LogP contribution in [0.4, 0.5) is 0 Å². The lowest BCUT2D eigenvalue weighted by Crippen LogP contribution is -2.05. The van der Waals surface area contributed by atoms with Crippen LogP contribution in [0, 0.1) is 0 Å². The number of benzene rings is 1. The Balaban J connectivity index is 2.41. The normalized spacial score (nSPS) is 10.4. The van der Waals surface area contributed by atoms with Crippen LogP contribution in [0.15, 0.2) is 45.5 Å². The fraction of sp³-hybridized carbons (Fsp3) is 0.143. The minimum absolute atomic E-state index is 0.0651. The Morgan fingerprint density at radius 3 is 2.72 bits per heavy atom. The highest BCUT2D eigenvalue weighted by Crippen LogP contribution is 2.22. The Morgan fingerprint density at radius 2 is 2.06 bits per heavy atom. The molecule has 0 aliphatic carbocycles. The van der Waals surface area contributed by atoms with Crippen molar-refractivity contribution in [1.82, 2.24) is 4.98 Å². The molecule has 4 heteroatoms. The van der Waals surface area contributed by atoms with Crippen LogP contribution >= 0.6 is 31.9 Å². The number of hydrogen-bond donors (Lipinski definition) is 0. The largest absolute Gasteiger partial charge is 0.287 e. The minimum atomic E-state index is -0.0651. The van der Waals surface area contributed by atoms with E-state index < -0.39 is 0 Å². The molecule has 92 valence electrons. The first-order valence-electron chi connectivity index (χ1n) is 5.56. The topological polar surface area (TPSA) is 30.0 Å². The molecule has 0 saturated carbocycles. The summed E-state index contributed by atoms with van der Waals surface area (Å²) >= 11 is 6.69. The van der Waals surface area contributed by atoms with Gasteiger partial charge in [0.05, 0.1) is 0 Å². The first-order valence-corrected chi connectivity index (χ1v) is 7.15. The van der Waals surface area contributed by atoms with Gasteiger partial charge in [-0.3, -0.25) is 9.78 Å². The fourth-order valence-corrected chi connectivity index (χ4v) is 2.82. The molecule has 1 aromatic carbocycles. The lowest BCUT2D eigenvalue weighted by atomic mass is 10.0. The van der Waals surface area contributed by atoms with E-state index in [9.17, 15) is 4.79 Å². The summed E-state index contributed by atoms with van der Waals surface area (Å²) in [4.78, 5) is 16.5. The van der Waals surface area contributed by atoms with Gasteiger partial charge in [-0.1, -0.05) is 25.1 Å². The molecule has 2 nitrogen and oxygen atoms in total. The molecule has 0 spiro atoms. The Hall–Kier alpha value is -1.000. The number of carbonyl (C=O) groups excluding carboxylic acids is 1. The van der Waals surface area contributed by atoms with Gasteiger partial charge in [-0.05, 0) is 56.0 Å². The summed E-state index contributed by atoms with van der Waals surface area (Å²) in [5.41, 5.74) is 2.26. The average Bonchev–Trinajstić information content (AvgIpc) is 2.38. The van der Waals surface area contributed by atoms with Crippen molar-refractivity contribution < 1.29 is 4.79 Å². The van der Waals surface area contributed by atoms with Gasteiger partial charge in [-0.25, -0.2) is 0 Å². The molecule has 0 unspecified atom stereocenters. The second kappa shape index (κ2) is 5.76. The zero-order valence-electron chi connectivity index (χ0n) is 9.78. The lowest BCUT2D eigenvalue weighted by Gasteiger charge is -2.05. The van der Waals surface area contributed by atoms with Crippen LogP contribution in [0.25, 0.3) is 0 Å². The summed E-state index contributed by atoms with van der Waals surface area (Å²) in [6.45, 7) is 2.07. The van der Waals surface area contributed by atoms with E-state index in [1.165, 1.54) is 0 Å². The van der Waals surface area contributed by atoms with Crippen molar-refractivity contribution in [3.05, 3.63) is 62.3 Å². The fourth-order valence-electron chi connectivity index (χ4n) is 1.65. The van der Waals surface area contributed by atoms with Crippen molar-refractivity contribution >= 4 is 37.6 Å². The van der Waals surface area contributed by atoms with Crippen molar-refractivity contribution in [3.63, 3.8) is 0 Å². The summed E-state index contributed by atoms with van der Waals surface area (Å²) in [6.07, 6.45) is 2.54. The van der Waals surface area contributed by atoms with Gasteiger partial charge in [0, 0.05) is 20.7 Å². The Kier molecular flexibility index (Phi) is 4.30. The summed E-state index contributed by atoms with van der Waals surface area (Å²) in [6, 6.07) is 9.47. The molecule has 0 radical (unpaired) electrons. The molecule has 1 aromatic heterocycles. The predicted molar refractivity (Wildman–Crippen MR) is 78.9 cm³/mol. The van der Waals surface area contributed by atoms with Gasteiger partial charge < -0.3 is 0 Å². The number of nitrogens with zero attached hydrogens (tertiary/aromatic N) is 1. The standard InChI is InChI=1S/C14H11Br2NO/c1-2-9-4-3-5-10(6-9)14(18)13-12(16)7-11(15)8-17-13/h3-8H,2H2,1H3. The Bertz CT molecular complexity index is 596. The molecule has 0 aliphatic rings. The second-order valence-electron chi connectivity index (χ2n) is 3.87. The number of halogens is 2. The van der Waals surface area contributed by atoms with E-state index in [1.807, 2.05) is 30.3 Å². The number of aryl methyl sites for hydroxylation is 1. The maximum Gasteiger partial charge on any atom is 0.212 e. The number of rotatable bonds is 3. The van der Waals surface area contributed by atoms with Gasteiger partial charge in [0.15, 0.2) is 0 Å². The zero-order chi connectivity index (χ0) is 13.1. The summed E-state index contributed by atoms with van der Waals surface area (Å²) in [7, 11) is 0. The first kappa shape index (κ1) is 13.4. The van der Waals surface area contributed by atoms with E-state index >= 15 is 0 Å². The second-order valence-corrected chi connectivity index (χ2v) is 5.64. The van der Waals surface area contributed by atoms with Crippen LogP contribution in [0.3, 0.4) is 0 Å². The summed E-state index contributed by atoms with van der Waals surface area (Å²) < 4.78 is 1.54. The molecule has 1 heterocycles. The quantitative estimate of drug-likeness (QED) is 0.751. The van der Waals surface area contributed by atoms with Crippen LogP contribution < -0.4 is 0 Å². The molecule has 0 fully saturated rings. The van der Waals surface area contributed by atoms with E-state index in [0.717, 1.165) is 16.5 Å². The molecular weight excluding hydrogens is 358 g/mol. The van der Waals surface area contributed by atoms with Crippen molar-refractivity contribution in [2.45, 2.75) is 13.3 Å². The number of carbonyl (C=O) groups is 1. The van der Waals surface area contributed by atoms with Crippen molar-refractivity contribution in [2.75, 3.05) is 0 Å². The smallest absolute Gasteiger partial charge is 0.212 e. The Morgan fingerprint density at radius 1 is 1.28 bits per heavy atom. The van der Waals surface area contributed by atoms with E-state index in [0.29, 0.717) is 15.7 Å². The van der Waals surface area contributed by atoms with E-state index in [4.69, 9.17) is 0 Å². The number of aromatic nitrogens is 1. The van der Waals surface area contributed by atoms with Crippen molar-refractivity contribution in [3.8, 4) is 0 Å². The molecule has 18 heavy (non-hydrogen) atoms. The van der Waals surface area contributed by atoms with Crippen LogP contribution in [-0.2, 0) is 6.42 Å². The maximum absolute atomic E-state index is 12.3. The van der Waals surface area contributed by atoms with Crippen LogP contribution in [0.2, 0.25) is 0 Å². The number of ketones is 1. The van der Waals surface area contributed by atoms with Gasteiger partial charge in [0.1, 0.15) is 5.69 Å². The van der Waals surface area contributed by atoms with Crippen LogP contribution in [-0.4, -0.2) is 10.8 Å². The molecule has 2 aromatic rings. The molecular formula is C14H11Br2NO. The molecule has 0 bridgehead atoms. The van der Waals surface area contributed by atoms with Gasteiger partial charge >= 0.3 is 0 Å². The predicted octanol–water partition coefficient (Wildman–Crippen LogP) is 4.40. The highest BCUT2D eigenvalue weighted by Gasteiger charge is 2.14. The molecule has 0 N–H and O–H groups in total. The van der Waals surface area contributed by atoms with Crippen LogP contribution in [0.5, 0.6) is 0 Å². The van der Waals surface area contributed by atoms with Crippen molar-refractivity contribution in [1.29, 1.82) is 0 Å². The maximum atomic E-state index is 12.3. The third-order valence-electron chi connectivity index (χ3n) is 2.62. The molecule has 2 rings (SSSR count). The molecule has 0 atom stereocenters.